The number of amides is 1. The van der Waals surface area contributed by atoms with Gasteiger partial charge >= 0.3 is 0 Å². The van der Waals surface area contributed by atoms with Gasteiger partial charge in [0.25, 0.3) is 0 Å². The van der Waals surface area contributed by atoms with Gasteiger partial charge < -0.3 is 10.6 Å². The average Bonchev–Trinajstić information content (AvgIpc) is 2.47. The number of hydrogen-bond donors (Lipinski definition) is 1. The van der Waals surface area contributed by atoms with Crippen molar-refractivity contribution in [1.29, 1.82) is 0 Å². The van der Waals surface area contributed by atoms with Gasteiger partial charge in [0.15, 0.2) is 0 Å². The Bertz CT molecular complexity index is 338. The van der Waals surface area contributed by atoms with Gasteiger partial charge in [-0.2, -0.15) is 0 Å². The summed E-state index contributed by atoms with van der Waals surface area (Å²) in [5.74, 6) is 0.0128. The lowest BCUT2D eigenvalue weighted by atomic mass is 10.1. The molecule has 0 saturated carbocycles. The van der Waals surface area contributed by atoms with Crippen molar-refractivity contribution < 1.29 is 4.79 Å². The Labute approximate surface area is 82.7 Å². The predicted octanol–water partition coefficient (Wildman–Crippen LogP) is 0.312. The molecule has 4 nitrogen and oxygen atoms in total. The zero-order valence-electron chi connectivity index (χ0n) is 8.05. The van der Waals surface area contributed by atoms with Gasteiger partial charge in [0.05, 0.1) is 12.1 Å². The fourth-order valence-corrected chi connectivity index (χ4v) is 1.85. The van der Waals surface area contributed by atoms with Gasteiger partial charge in [-0.15, -0.1) is 0 Å². The molecular formula is C10H13N3O. The molecular weight excluding hydrogens is 178 g/mol. The normalized spacial score (nSPS) is 27.0. The van der Waals surface area contributed by atoms with Crippen molar-refractivity contribution in [2.45, 2.75) is 18.5 Å². The van der Waals surface area contributed by atoms with Crippen molar-refractivity contribution in [3.8, 4) is 0 Å². The maximum atomic E-state index is 11.5. The highest BCUT2D eigenvalue weighted by Gasteiger charge is 2.35. The first-order valence-corrected chi connectivity index (χ1v) is 4.62. The van der Waals surface area contributed by atoms with Gasteiger partial charge in [0.2, 0.25) is 5.91 Å². The maximum Gasteiger partial charge on any atom is 0.239 e. The Morgan fingerprint density at radius 3 is 2.93 bits per heavy atom. The first-order chi connectivity index (χ1) is 6.70. The Morgan fingerprint density at radius 1 is 1.64 bits per heavy atom. The van der Waals surface area contributed by atoms with Crippen molar-refractivity contribution in [2.75, 3.05) is 7.05 Å². The summed E-state index contributed by atoms with van der Waals surface area (Å²) < 4.78 is 0. The molecule has 1 aliphatic rings. The number of likely N-dealkylation sites (N-methyl/N-ethyl adjacent to an activating group) is 1. The van der Waals surface area contributed by atoms with E-state index >= 15 is 0 Å². The number of aromatic nitrogens is 1. The molecule has 2 heterocycles. The van der Waals surface area contributed by atoms with Crippen molar-refractivity contribution in [2.24, 2.45) is 5.73 Å². The van der Waals surface area contributed by atoms with Crippen LogP contribution in [0, 0.1) is 0 Å². The maximum absolute atomic E-state index is 11.5. The van der Waals surface area contributed by atoms with E-state index in [0.717, 1.165) is 5.56 Å². The molecule has 1 aromatic rings. The lowest BCUT2D eigenvalue weighted by Gasteiger charge is -2.19. The molecule has 1 amide bonds. The molecule has 0 bridgehead atoms. The number of nitrogens with zero attached hydrogens (tertiary/aromatic N) is 2. The summed E-state index contributed by atoms with van der Waals surface area (Å²) in [4.78, 5) is 17.2. The van der Waals surface area contributed by atoms with Gasteiger partial charge in [-0.1, -0.05) is 6.07 Å². The second kappa shape index (κ2) is 3.38. The minimum Gasteiger partial charge on any atom is -0.337 e. The fourth-order valence-electron chi connectivity index (χ4n) is 1.85. The third-order valence-electron chi connectivity index (χ3n) is 2.68. The molecule has 1 saturated heterocycles. The van der Waals surface area contributed by atoms with E-state index in [9.17, 15) is 4.79 Å². The number of rotatable bonds is 1. The highest BCUT2D eigenvalue weighted by molar-refractivity contribution is 5.84. The second-order valence-corrected chi connectivity index (χ2v) is 3.59. The molecule has 0 aliphatic carbocycles. The van der Waals surface area contributed by atoms with Gasteiger partial charge in [-0.05, 0) is 18.1 Å². The van der Waals surface area contributed by atoms with Crippen LogP contribution in [0.25, 0.3) is 0 Å². The van der Waals surface area contributed by atoms with Crippen LogP contribution in [-0.2, 0) is 4.79 Å². The van der Waals surface area contributed by atoms with Crippen LogP contribution in [0.1, 0.15) is 18.0 Å². The van der Waals surface area contributed by atoms with E-state index in [4.69, 9.17) is 5.73 Å². The van der Waals surface area contributed by atoms with Crippen molar-refractivity contribution >= 4 is 5.91 Å². The van der Waals surface area contributed by atoms with Crippen LogP contribution < -0.4 is 5.73 Å². The van der Waals surface area contributed by atoms with E-state index in [2.05, 4.69) is 4.98 Å². The number of likely N-dealkylation sites (tertiary alicyclic amines) is 1. The summed E-state index contributed by atoms with van der Waals surface area (Å²) in [6.45, 7) is 0. The molecule has 0 unspecified atom stereocenters. The number of carbonyl (C=O) groups is 1. The minimum atomic E-state index is -0.356. The zero-order chi connectivity index (χ0) is 10.1. The van der Waals surface area contributed by atoms with Crippen LogP contribution in [0.5, 0.6) is 0 Å². The van der Waals surface area contributed by atoms with E-state index in [1.165, 1.54) is 0 Å². The largest absolute Gasteiger partial charge is 0.337 e. The third kappa shape index (κ3) is 1.37. The standard InChI is InChI=1S/C10H13N3O/c1-13-9(5-8(11)10(13)14)7-3-2-4-12-6-7/h2-4,6,8-9H,5,11H2,1H3/t8-,9-/m1/s1. The molecule has 2 N–H and O–H groups in total. The van der Waals surface area contributed by atoms with Crippen LogP contribution in [0.2, 0.25) is 0 Å². The Hall–Kier alpha value is -1.42. The quantitative estimate of drug-likeness (QED) is 0.695. The number of hydrogen-bond acceptors (Lipinski definition) is 3. The topological polar surface area (TPSA) is 59.2 Å². The first-order valence-electron chi connectivity index (χ1n) is 4.62. The van der Waals surface area contributed by atoms with Crippen molar-refractivity contribution in [3.05, 3.63) is 30.1 Å². The molecule has 0 aromatic carbocycles. The van der Waals surface area contributed by atoms with E-state index in [1.54, 1.807) is 24.3 Å². The Balaban J connectivity index is 2.26. The lowest BCUT2D eigenvalue weighted by Crippen LogP contribution is -2.31. The number of pyridine rings is 1. The van der Waals surface area contributed by atoms with Crippen LogP contribution in [0.3, 0.4) is 0 Å². The highest BCUT2D eigenvalue weighted by atomic mass is 16.2. The van der Waals surface area contributed by atoms with Crippen molar-refractivity contribution in [1.82, 2.24) is 9.88 Å². The monoisotopic (exact) mass is 191 g/mol. The van der Waals surface area contributed by atoms with E-state index in [-0.39, 0.29) is 18.0 Å². The zero-order valence-corrected chi connectivity index (χ0v) is 8.05. The van der Waals surface area contributed by atoms with Gasteiger partial charge in [0.1, 0.15) is 0 Å². The van der Waals surface area contributed by atoms with Gasteiger partial charge in [-0.3, -0.25) is 9.78 Å². The van der Waals surface area contributed by atoms with E-state index < -0.39 is 0 Å². The van der Waals surface area contributed by atoms with E-state index in [0.29, 0.717) is 6.42 Å². The van der Waals surface area contributed by atoms with Crippen molar-refractivity contribution in [3.63, 3.8) is 0 Å². The summed E-state index contributed by atoms with van der Waals surface area (Å²) in [6.07, 6.45) is 4.19. The molecule has 74 valence electrons. The summed E-state index contributed by atoms with van der Waals surface area (Å²) in [6, 6.07) is 3.58. The summed E-state index contributed by atoms with van der Waals surface area (Å²) in [5, 5.41) is 0. The van der Waals surface area contributed by atoms with Crippen LogP contribution >= 0.6 is 0 Å². The number of nitrogens with two attached hydrogens (primary N) is 1. The smallest absolute Gasteiger partial charge is 0.239 e. The Kier molecular flexibility index (Phi) is 2.21. The van der Waals surface area contributed by atoms with Gasteiger partial charge in [0, 0.05) is 19.4 Å². The molecule has 1 aliphatic heterocycles. The molecule has 2 atom stereocenters. The SMILES string of the molecule is CN1C(=O)[C@H](N)C[C@@H]1c1cccnc1. The predicted molar refractivity (Wildman–Crippen MR) is 52.3 cm³/mol. The number of carbonyl (C=O) groups excluding carboxylic acids is 1. The second-order valence-electron chi connectivity index (χ2n) is 3.59. The van der Waals surface area contributed by atoms with E-state index in [1.807, 2.05) is 12.1 Å². The first kappa shape index (κ1) is 9.15. The molecule has 1 aromatic heterocycles. The fraction of sp³-hybridized carbons (Fsp3) is 0.400. The third-order valence-corrected chi connectivity index (χ3v) is 2.68. The van der Waals surface area contributed by atoms with Crippen LogP contribution in [-0.4, -0.2) is 28.9 Å². The molecule has 0 radical (unpaired) electrons. The molecule has 4 heteroatoms. The summed E-state index contributed by atoms with van der Waals surface area (Å²) in [5.41, 5.74) is 6.74. The molecule has 2 rings (SSSR count). The molecule has 1 fully saturated rings. The minimum absolute atomic E-state index is 0.0128. The van der Waals surface area contributed by atoms with Gasteiger partial charge in [-0.25, -0.2) is 0 Å². The lowest BCUT2D eigenvalue weighted by molar-refractivity contribution is -0.128. The van der Waals surface area contributed by atoms with Crippen LogP contribution in [0.15, 0.2) is 24.5 Å². The average molecular weight is 191 g/mol. The summed E-state index contributed by atoms with van der Waals surface area (Å²) >= 11 is 0. The summed E-state index contributed by atoms with van der Waals surface area (Å²) in [7, 11) is 1.78. The molecule has 0 spiro atoms. The van der Waals surface area contributed by atoms with Crippen LogP contribution in [0.4, 0.5) is 0 Å². The highest BCUT2D eigenvalue weighted by Crippen LogP contribution is 2.29. The Morgan fingerprint density at radius 2 is 2.43 bits per heavy atom. The molecule has 14 heavy (non-hydrogen) atoms.